The van der Waals surface area contributed by atoms with Gasteiger partial charge in [0.1, 0.15) is 17.5 Å². The van der Waals surface area contributed by atoms with Gasteiger partial charge in [-0.2, -0.15) is 10.2 Å². The number of halogens is 1. The number of aliphatic hydroxyl groups excluding tert-OH is 1. The summed E-state index contributed by atoms with van der Waals surface area (Å²) in [5.41, 5.74) is 0.711. The van der Waals surface area contributed by atoms with Crippen LogP contribution in [0.2, 0.25) is 5.02 Å². The molecule has 3 aromatic rings. The van der Waals surface area contributed by atoms with Gasteiger partial charge in [-0.15, -0.1) is 0 Å². The molecular weight excluding hydrogens is 476 g/mol. The lowest BCUT2D eigenvalue weighted by molar-refractivity contribution is -0.149. The van der Waals surface area contributed by atoms with Gasteiger partial charge in [0.05, 0.1) is 24.2 Å². The monoisotopic (exact) mass is 498 g/mol. The van der Waals surface area contributed by atoms with Crippen molar-refractivity contribution in [2.45, 2.75) is 44.2 Å². The normalized spacial score (nSPS) is 19.2. The number of carbonyl (C=O) groups is 1. The molecule has 1 aliphatic rings. The Kier molecular flexibility index (Phi) is 6.67. The lowest BCUT2D eigenvalue weighted by Gasteiger charge is -2.46. The molecule has 1 aromatic heterocycles. The number of methoxy groups -OCH3 is 1. The average Bonchev–Trinajstić information content (AvgIpc) is 3.27. The third-order valence-corrected chi connectivity index (χ3v) is 6.07. The smallest absolute Gasteiger partial charge is 0.341 e. The number of aromatic nitrogens is 2. The highest BCUT2D eigenvalue weighted by molar-refractivity contribution is 6.30. The average molecular weight is 499 g/mol. The number of fused-ring (bicyclic) bond motifs is 1. The minimum Gasteiger partial charge on any atom is -0.485 e. The summed E-state index contributed by atoms with van der Waals surface area (Å²) in [6.45, 7) is 3.55. The van der Waals surface area contributed by atoms with Crippen LogP contribution in [0.5, 0.6) is 5.75 Å². The quantitative estimate of drug-likeness (QED) is 0.495. The predicted octanol–water partition coefficient (Wildman–Crippen LogP) is 3.65. The van der Waals surface area contributed by atoms with Crippen LogP contribution in [-0.2, 0) is 16.1 Å². The summed E-state index contributed by atoms with van der Waals surface area (Å²) < 4.78 is 16.3. The van der Waals surface area contributed by atoms with Crippen molar-refractivity contribution < 1.29 is 29.0 Å². The zero-order valence-electron chi connectivity index (χ0n) is 19.2. The lowest BCUT2D eigenvalue weighted by atomic mass is 9.84. The largest absolute Gasteiger partial charge is 0.485 e. The van der Waals surface area contributed by atoms with Crippen molar-refractivity contribution in [3.05, 3.63) is 70.3 Å². The molecule has 0 amide bonds. The van der Waals surface area contributed by atoms with Crippen LogP contribution in [0.25, 0.3) is 0 Å². The van der Waals surface area contributed by atoms with E-state index < -0.39 is 29.8 Å². The highest BCUT2D eigenvalue weighted by atomic mass is 35.5. The first-order valence-electron chi connectivity index (χ1n) is 10.7. The molecule has 2 aromatic carbocycles. The van der Waals surface area contributed by atoms with Gasteiger partial charge in [-0.05, 0) is 56.3 Å². The molecule has 3 atom stereocenters. The lowest BCUT2D eigenvalue weighted by Crippen LogP contribution is -2.53. The molecule has 3 unspecified atom stereocenters. The first-order chi connectivity index (χ1) is 16.6. The summed E-state index contributed by atoms with van der Waals surface area (Å²) in [4.78, 5) is 17.5. The molecule has 0 aliphatic carbocycles. The van der Waals surface area contributed by atoms with Crippen LogP contribution in [0.15, 0.2) is 47.0 Å². The molecule has 2 heterocycles. The molecule has 0 saturated carbocycles. The summed E-state index contributed by atoms with van der Waals surface area (Å²) in [6, 6.07) is 13.4. The van der Waals surface area contributed by atoms with Gasteiger partial charge in [-0.1, -0.05) is 16.8 Å². The molecule has 182 valence electrons. The van der Waals surface area contributed by atoms with Crippen LogP contribution in [0.1, 0.15) is 48.8 Å². The number of benzene rings is 2. The van der Waals surface area contributed by atoms with E-state index in [0.717, 1.165) is 0 Å². The molecule has 4 rings (SSSR count). The first kappa shape index (κ1) is 24.5. The van der Waals surface area contributed by atoms with E-state index in [0.29, 0.717) is 27.6 Å². The van der Waals surface area contributed by atoms with Gasteiger partial charge < -0.3 is 29.1 Å². The maximum absolute atomic E-state index is 11.4. The molecule has 0 radical (unpaired) electrons. The number of hydrogen-bond acceptors (Lipinski definition) is 9. The van der Waals surface area contributed by atoms with E-state index in [1.54, 1.807) is 56.3 Å². The molecule has 1 aliphatic heterocycles. The van der Waals surface area contributed by atoms with Crippen LogP contribution in [0.4, 0.5) is 5.69 Å². The second-order valence-corrected chi connectivity index (χ2v) is 9.00. The SMILES string of the molecule is COC(C(=O)O)c1noc(CN(c2ccc(Cl)cc2)C2c3cc(C#N)ccc3OC(C)(C)C2O)n1. The molecule has 0 fully saturated rings. The number of nitriles is 1. The van der Waals surface area contributed by atoms with E-state index in [1.165, 1.54) is 7.11 Å². The Labute approximate surface area is 206 Å². The fourth-order valence-corrected chi connectivity index (χ4v) is 4.18. The topological polar surface area (TPSA) is 142 Å². The van der Waals surface area contributed by atoms with Crippen molar-refractivity contribution >= 4 is 23.3 Å². The number of ether oxygens (including phenoxy) is 2. The fourth-order valence-electron chi connectivity index (χ4n) is 4.06. The van der Waals surface area contributed by atoms with Crippen LogP contribution in [-0.4, -0.2) is 45.1 Å². The van der Waals surface area contributed by atoms with Crippen molar-refractivity contribution in [2.24, 2.45) is 0 Å². The minimum absolute atomic E-state index is 0.0126. The summed E-state index contributed by atoms with van der Waals surface area (Å²) in [6.07, 6.45) is -2.42. The summed E-state index contributed by atoms with van der Waals surface area (Å²) in [7, 11) is 1.24. The number of carboxylic acids is 1. The molecule has 35 heavy (non-hydrogen) atoms. The summed E-state index contributed by atoms with van der Waals surface area (Å²) >= 11 is 6.11. The standard InChI is InChI=1S/C24H23ClN4O6/c1-24(2)21(30)19(16-10-13(11-26)4-9-17(16)34-24)29(15-7-5-14(25)6-8-15)12-18-27-22(28-35-18)20(33-3)23(31)32/h4-10,19-21,30H,12H2,1-3H3,(H,31,32). The molecular formula is C24H23ClN4O6. The number of aliphatic hydroxyl groups is 1. The second kappa shape index (κ2) is 9.54. The summed E-state index contributed by atoms with van der Waals surface area (Å²) in [5, 5.41) is 34.5. The van der Waals surface area contributed by atoms with E-state index in [-0.39, 0.29) is 18.3 Å². The zero-order chi connectivity index (χ0) is 25.3. The van der Waals surface area contributed by atoms with Crippen LogP contribution < -0.4 is 9.64 Å². The van der Waals surface area contributed by atoms with E-state index in [2.05, 4.69) is 16.2 Å². The van der Waals surface area contributed by atoms with Gasteiger partial charge in [0.15, 0.2) is 0 Å². The van der Waals surface area contributed by atoms with Crippen LogP contribution >= 0.6 is 11.6 Å². The number of nitrogens with zero attached hydrogens (tertiary/aromatic N) is 4. The maximum atomic E-state index is 11.4. The van der Waals surface area contributed by atoms with Gasteiger partial charge in [0.25, 0.3) is 0 Å². The highest BCUT2D eigenvalue weighted by Gasteiger charge is 2.46. The highest BCUT2D eigenvalue weighted by Crippen LogP contribution is 2.45. The first-order valence-corrected chi connectivity index (χ1v) is 11.0. The van der Waals surface area contributed by atoms with Crippen molar-refractivity contribution in [1.82, 2.24) is 10.1 Å². The van der Waals surface area contributed by atoms with E-state index in [9.17, 15) is 20.3 Å². The number of rotatable bonds is 7. The van der Waals surface area contributed by atoms with Gasteiger partial charge in [0.2, 0.25) is 17.8 Å². The van der Waals surface area contributed by atoms with Crippen molar-refractivity contribution in [2.75, 3.05) is 12.0 Å². The number of aliphatic carboxylic acids is 1. The van der Waals surface area contributed by atoms with Crippen molar-refractivity contribution in [3.63, 3.8) is 0 Å². The van der Waals surface area contributed by atoms with Crippen LogP contribution in [0, 0.1) is 11.3 Å². The van der Waals surface area contributed by atoms with Gasteiger partial charge in [-0.25, -0.2) is 4.79 Å². The Hall–Kier alpha value is -3.65. The second-order valence-electron chi connectivity index (χ2n) is 8.56. The van der Waals surface area contributed by atoms with Gasteiger partial charge >= 0.3 is 5.97 Å². The third kappa shape index (κ3) is 4.79. The Morgan fingerprint density at radius 3 is 2.66 bits per heavy atom. The van der Waals surface area contributed by atoms with Crippen molar-refractivity contribution in [1.29, 1.82) is 5.26 Å². The van der Waals surface area contributed by atoms with Gasteiger partial charge in [-0.3, -0.25) is 0 Å². The minimum atomic E-state index is -1.39. The maximum Gasteiger partial charge on any atom is 0.341 e. The Bertz CT molecular complexity index is 1270. The molecule has 0 bridgehead atoms. The third-order valence-electron chi connectivity index (χ3n) is 5.82. The Balaban J connectivity index is 1.82. The Morgan fingerprint density at radius 2 is 2.03 bits per heavy atom. The summed E-state index contributed by atoms with van der Waals surface area (Å²) in [5.74, 6) is -0.757. The molecule has 11 heteroatoms. The molecule has 0 spiro atoms. The van der Waals surface area contributed by atoms with Gasteiger partial charge in [0, 0.05) is 23.4 Å². The predicted molar refractivity (Wildman–Crippen MR) is 124 cm³/mol. The molecule has 2 N–H and O–H groups in total. The number of anilines is 1. The Morgan fingerprint density at radius 1 is 1.31 bits per heavy atom. The fraction of sp³-hybridized carbons (Fsp3) is 0.333. The van der Waals surface area contributed by atoms with E-state index in [1.807, 2.05) is 4.90 Å². The molecule has 0 saturated heterocycles. The van der Waals surface area contributed by atoms with Crippen LogP contribution in [0.3, 0.4) is 0 Å². The zero-order valence-corrected chi connectivity index (χ0v) is 19.9. The molecule has 10 nitrogen and oxygen atoms in total. The van der Waals surface area contributed by atoms with E-state index in [4.69, 9.17) is 25.6 Å². The van der Waals surface area contributed by atoms with E-state index >= 15 is 0 Å². The van der Waals surface area contributed by atoms with Crippen molar-refractivity contribution in [3.8, 4) is 11.8 Å². The number of carboxylic acid groups (broad SMARTS) is 1. The number of hydrogen-bond donors (Lipinski definition) is 2.